The molecule has 138 valence electrons. The Kier molecular flexibility index (Phi) is 5.78. The minimum Gasteiger partial charge on any atom is -0.497 e. The third-order valence-electron chi connectivity index (χ3n) is 4.25. The number of nitrogens with one attached hydrogen (secondary N) is 1. The quantitative estimate of drug-likeness (QED) is 0.635. The van der Waals surface area contributed by atoms with E-state index < -0.39 is 0 Å². The molecule has 1 fully saturated rings. The van der Waals surface area contributed by atoms with Gasteiger partial charge in [-0.15, -0.1) is 0 Å². The van der Waals surface area contributed by atoms with Crippen LogP contribution in [0.5, 0.6) is 11.5 Å². The number of amides is 1. The predicted molar refractivity (Wildman–Crippen MR) is 99.4 cm³/mol. The molecule has 0 saturated carbocycles. The molecule has 2 heterocycles. The maximum absolute atomic E-state index is 12.2. The molecule has 1 aliphatic rings. The second kappa shape index (κ2) is 8.42. The van der Waals surface area contributed by atoms with E-state index in [4.69, 9.17) is 13.9 Å². The lowest BCUT2D eigenvalue weighted by Crippen LogP contribution is -2.28. The van der Waals surface area contributed by atoms with Crippen LogP contribution in [0.3, 0.4) is 0 Å². The van der Waals surface area contributed by atoms with Gasteiger partial charge in [-0.25, -0.2) is 5.43 Å². The van der Waals surface area contributed by atoms with Crippen molar-refractivity contribution >= 4 is 18.0 Å². The van der Waals surface area contributed by atoms with Crippen molar-refractivity contribution in [2.24, 2.45) is 5.10 Å². The highest BCUT2D eigenvalue weighted by Crippen LogP contribution is 2.23. The summed E-state index contributed by atoms with van der Waals surface area (Å²) >= 11 is 0. The third-order valence-corrected chi connectivity index (χ3v) is 4.25. The summed E-state index contributed by atoms with van der Waals surface area (Å²) in [4.78, 5) is 14.5. The number of anilines is 1. The highest BCUT2D eigenvalue weighted by Gasteiger charge is 2.14. The first-order chi connectivity index (χ1) is 12.7. The molecule has 3 rings (SSSR count). The SMILES string of the molecule is COc1cc(OC)cc(C(=O)N/N=C\c2ccc(N3CCCCC3)o2)c1. The van der Waals surface area contributed by atoms with Crippen LogP contribution in [0.2, 0.25) is 0 Å². The minimum atomic E-state index is -0.360. The summed E-state index contributed by atoms with van der Waals surface area (Å²) in [7, 11) is 3.07. The zero-order chi connectivity index (χ0) is 18.4. The lowest BCUT2D eigenvalue weighted by atomic mass is 10.1. The van der Waals surface area contributed by atoms with Crippen LogP contribution in [0.25, 0.3) is 0 Å². The summed E-state index contributed by atoms with van der Waals surface area (Å²) in [5, 5.41) is 3.97. The molecule has 1 N–H and O–H groups in total. The molecule has 0 bridgehead atoms. The molecule has 1 aromatic carbocycles. The Bertz CT molecular complexity index is 757. The molecule has 1 saturated heterocycles. The van der Waals surface area contributed by atoms with Crippen molar-refractivity contribution in [3.05, 3.63) is 41.7 Å². The highest BCUT2D eigenvalue weighted by molar-refractivity contribution is 5.95. The van der Waals surface area contributed by atoms with Gasteiger partial charge in [-0.1, -0.05) is 0 Å². The van der Waals surface area contributed by atoms with E-state index in [-0.39, 0.29) is 5.91 Å². The van der Waals surface area contributed by atoms with Gasteiger partial charge >= 0.3 is 0 Å². The number of hydrogen-bond donors (Lipinski definition) is 1. The van der Waals surface area contributed by atoms with Crippen LogP contribution in [0.1, 0.15) is 35.4 Å². The zero-order valence-electron chi connectivity index (χ0n) is 15.0. The molecule has 0 spiro atoms. The number of carbonyl (C=O) groups is 1. The molecule has 7 nitrogen and oxygen atoms in total. The molecular formula is C19H23N3O4. The van der Waals surface area contributed by atoms with Crippen molar-refractivity contribution in [3.63, 3.8) is 0 Å². The van der Waals surface area contributed by atoms with Crippen LogP contribution in [-0.4, -0.2) is 39.4 Å². The summed E-state index contributed by atoms with van der Waals surface area (Å²) in [5.74, 6) is 2.15. The minimum absolute atomic E-state index is 0.360. The molecule has 0 radical (unpaired) electrons. The number of methoxy groups -OCH3 is 2. The Balaban J connectivity index is 1.61. The molecule has 26 heavy (non-hydrogen) atoms. The summed E-state index contributed by atoms with van der Waals surface area (Å²) in [6, 6.07) is 8.71. The molecule has 7 heteroatoms. The number of nitrogens with zero attached hydrogens (tertiary/aromatic N) is 2. The molecule has 1 aromatic heterocycles. The molecule has 1 amide bonds. The van der Waals surface area contributed by atoms with E-state index in [9.17, 15) is 4.79 Å². The van der Waals surface area contributed by atoms with Gasteiger partial charge in [-0.2, -0.15) is 5.10 Å². The van der Waals surface area contributed by atoms with Gasteiger partial charge in [0.05, 0.1) is 20.4 Å². The number of hydrazone groups is 1. The van der Waals surface area contributed by atoms with Crippen molar-refractivity contribution in [1.29, 1.82) is 0 Å². The zero-order valence-corrected chi connectivity index (χ0v) is 15.0. The maximum Gasteiger partial charge on any atom is 0.271 e. The first-order valence-corrected chi connectivity index (χ1v) is 8.61. The summed E-state index contributed by atoms with van der Waals surface area (Å²) in [5.41, 5.74) is 2.88. The van der Waals surface area contributed by atoms with Crippen molar-refractivity contribution in [3.8, 4) is 11.5 Å². The van der Waals surface area contributed by atoms with E-state index in [1.54, 1.807) is 18.2 Å². The maximum atomic E-state index is 12.2. The standard InChI is InChI=1S/C19H23N3O4/c1-24-16-10-14(11-17(12-16)25-2)19(23)21-20-13-15-6-7-18(26-15)22-8-4-3-5-9-22/h6-7,10-13H,3-5,8-9H2,1-2H3,(H,21,23)/b20-13-. The number of carbonyl (C=O) groups excluding carboxylic acids is 1. The van der Waals surface area contributed by atoms with Crippen LogP contribution in [0, 0.1) is 0 Å². The number of furan rings is 1. The molecule has 0 atom stereocenters. The topological polar surface area (TPSA) is 76.3 Å². The van der Waals surface area contributed by atoms with Gasteiger partial charge in [-0.3, -0.25) is 4.79 Å². The molecule has 0 aliphatic carbocycles. The van der Waals surface area contributed by atoms with Gasteiger partial charge in [0.25, 0.3) is 5.91 Å². The van der Waals surface area contributed by atoms with E-state index in [0.717, 1.165) is 19.0 Å². The second-order valence-electron chi connectivity index (χ2n) is 6.02. The van der Waals surface area contributed by atoms with Crippen LogP contribution >= 0.6 is 0 Å². The van der Waals surface area contributed by atoms with Gasteiger partial charge in [0.1, 0.15) is 17.3 Å². The Morgan fingerprint density at radius 1 is 1.12 bits per heavy atom. The first-order valence-electron chi connectivity index (χ1n) is 8.61. The predicted octanol–water partition coefficient (Wildman–Crippen LogP) is 3.05. The molecule has 1 aliphatic heterocycles. The number of benzene rings is 1. The summed E-state index contributed by atoms with van der Waals surface area (Å²) < 4.78 is 16.1. The van der Waals surface area contributed by atoms with E-state index >= 15 is 0 Å². The molecule has 0 unspecified atom stereocenters. The fourth-order valence-electron chi connectivity index (χ4n) is 2.85. The number of hydrogen-bond acceptors (Lipinski definition) is 6. The number of ether oxygens (including phenoxy) is 2. The van der Waals surface area contributed by atoms with Gasteiger partial charge in [0, 0.05) is 30.8 Å². The normalized spacial score (nSPS) is 14.5. The summed E-state index contributed by atoms with van der Waals surface area (Å²) in [6.07, 6.45) is 5.13. The average molecular weight is 357 g/mol. The van der Waals surface area contributed by atoms with Crippen molar-refractivity contribution in [2.45, 2.75) is 19.3 Å². The fraction of sp³-hybridized carbons (Fsp3) is 0.368. The Morgan fingerprint density at radius 2 is 1.81 bits per heavy atom. The van der Waals surface area contributed by atoms with Crippen LogP contribution in [0.4, 0.5) is 5.88 Å². The van der Waals surface area contributed by atoms with Gasteiger partial charge in [0.2, 0.25) is 0 Å². The first kappa shape index (κ1) is 17.8. The van der Waals surface area contributed by atoms with Crippen molar-refractivity contribution < 1.29 is 18.7 Å². The van der Waals surface area contributed by atoms with Crippen molar-refractivity contribution in [1.82, 2.24) is 5.43 Å². The molecular weight excluding hydrogens is 334 g/mol. The smallest absolute Gasteiger partial charge is 0.271 e. The van der Waals surface area contributed by atoms with E-state index in [0.29, 0.717) is 22.8 Å². The molecule has 2 aromatic rings. The second-order valence-corrected chi connectivity index (χ2v) is 6.02. The number of piperidine rings is 1. The van der Waals surface area contributed by atoms with E-state index in [2.05, 4.69) is 15.4 Å². The van der Waals surface area contributed by atoms with E-state index in [1.165, 1.54) is 39.7 Å². The average Bonchev–Trinajstić information content (AvgIpc) is 3.17. The van der Waals surface area contributed by atoms with Crippen molar-refractivity contribution in [2.75, 3.05) is 32.2 Å². The van der Waals surface area contributed by atoms with Crippen LogP contribution in [0.15, 0.2) is 39.9 Å². The lowest BCUT2D eigenvalue weighted by molar-refractivity contribution is 0.0954. The Morgan fingerprint density at radius 3 is 2.46 bits per heavy atom. The Labute approximate surface area is 152 Å². The lowest BCUT2D eigenvalue weighted by Gasteiger charge is -2.25. The van der Waals surface area contributed by atoms with Crippen LogP contribution in [-0.2, 0) is 0 Å². The van der Waals surface area contributed by atoms with Gasteiger partial charge in [-0.05, 0) is 37.5 Å². The summed E-state index contributed by atoms with van der Waals surface area (Å²) in [6.45, 7) is 2.02. The monoisotopic (exact) mass is 357 g/mol. The van der Waals surface area contributed by atoms with Gasteiger partial charge in [0.15, 0.2) is 5.88 Å². The fourth-order valence-corrected chi connectivity index (χ4v) is 2.85. The largest absolute Gasteiger partial charge is 0.497 e. The number of rotatable bonds is 6. The highest BCUT2D eigenvalue weighted by atomic mass is 16.5. The Hall–Kier alpha value is -2.96. The van der Waals surface area contributed by atoms with Gasteiger partial charge < -0.3 is 18.8 Å². The van der Waals surface area contributed by atoms with Crippen LogP contribution < -0.4 is 19.8 Å². The third kappa shape index (κ3) is 4.36. The van der Waals surface area contributed by atoms with E-state index in [1.807, 2.05) is 12.1 Å².